The highest BCUT2D eigenvalue weighted by molar-refractivity contribution is 5.30. The van der Waals surface area contributed by atoms with Crippen LogP contribution in [-0.2, 0) is 12.5 Å². The molecule has 13 heavy (non-hydrogen) atoms. The number of aryl methyl sites for hydroxylation is 1. The van der Waals surface area contributed by atoms with Gasteiger partial charge in [0.15, 0.2) is 0 Å². The molecule has 0 amide bonds. The highest BCUT2D eigenvalue weighted by Crippen LogP contribution is 2.30. The molecule has 1 aromatic heterocycles. The summed E-state index contributed by atoms with van der Waals surface area (Å²) in [4.78, 5) is 0. The molecule has 1 rings (SSSR count). The standard InChI is InChI=1S/C12H21N/c1-9(2)10-7-8-13(6)11(10)12(3,4)5/h7-9H,1-6H3. The lowest BCUT2D eigenvalue weighted by Crippen LogP contribution is -2.18. The first-order valence-electron chi connectivity index (χ1n) is 4.99. The van der Waals surface area contributed by atoms with E-state index in [1.165, 1.54) is 11.3 Å². The Morgan fingerprint density at radius 2 is 1.77 bits per heavy atom. The Morgan fingerprint density at radius 3 is 2.08 bits per heavy atom. The van der Waals surface area contributed by atoms with Crippen LogP contribution in [0, 0.1) is 0 Å². The second-order valence-corrected chi connectivity index (χ2v) is 5.14. The van der Waals surface area contributed by atoms with Crippen LogP contribution < -0.4 is 0 Å². The maximum atomic E-state index is 2.27. The third kappa shape index (κ3) is 1.96. The van der Waals surface area contributed by atoms with Gasteiger partial charge in [-0.3, -0.25) is 0 Å². The average Bonchev–Trinajstić information content (AvgIpc) is 2.28. The molecule has 0 spiro atoms. The van der Waals surface area contributed by atoms with Gasteiger partial charge in [0, 0.05) is 24.4 Å². The summed E-state index contributed by atoms with van der Waals surface area (Å²) >= 11 is 0. The molecule has 0 atom stereocenters. The molecule has 0 saturated heterocycles. The minimum absolute atomic E-state index is 0.248. The summed E-state index contributed by atoms with van der Waals surface area (Å²) in [5.74, 6) is 0.621. The molecule has 0 saturated carbocycles. The van der Waals surface area contributed by atoms with Crippen molar-refractivity contribution in [1.82, 2.24) is 4.57 Å². The van der Waals surface area contributed by atoms with E-state index in [-0.39, 0.29) is 5.41 Å². The van der Waals surface area contributed by atoms with Gasteiger partial charge in [0.05, 0.1) is 0 Å². The van der Waals surface area contributed by atoms with E-state index in [2.05, 4.69) is 58.5 Å². The van der Waals surface area contributed by atoms with Gasteiger partial charge < -0.3 is 4.57 Å². The van der Waals surface area contributed by atoms with E-state index in [9.17, 15) is 0 Å². The fourth-order valence-corrected chi connectivity index (χ4v) is 1.98. The number of aromatic nitrogens is 1. The van der Waals surface area contributed by atoms with Crippen molar-refractivity contribution in [3.05, 3.63) is 23.5 Å². The van der Waals surface area contributed by atoms with E-state index in [1.807, 2.05) is 0 Å². The van der Waals surface area contributed by atoms with E-state index in [0.29, 0.717) is 5.92 Å². The molecule has 1 aromatic rings. The van der Waals surface area contributed by atoms with E-state index < -0.39 is 0 Å². The van der Waals surface area contributed by atoms with Crippen molar-refractivity contribution >= 4 is 0 Å². The second-order valence-electron chi connectivity index (χ2n) is 5.14. The molecule has 0 aliphatic rings. The van der Waals surface area contributed by atoms with Crippen molar-refractivity contribution in [1.29, 1.82) is 0 Å². The molecule has 1 heterocycles. The van der Waals surface area contributed by atoms with Crippen LogP contribution in [0.1, 0.15) is 51.8 Å². The van der Waals surface area contributed by atoms with Crippen LogP contribution in [0.25, 0.3) is 0 Å². The number of rotatable bonds is 1. The zero-order chi connectivity index (χ0) is 10.2. The van der Waals surface area contributed by atoms with Gasteiger partial charge in [0.25, 0.3) is 0 Å². The summed E-state index contributed by atoms with van der Waals surface area (Å²) in [6.07, 6.45) is 2.16. The quantitative estimate of drug-likeness (QED) is 0.622. The van der Waals surface area contributed by atoms with Gasteiger partial charge in [-0.25, -0.2) is 0 Å². The molecule has 0 aliphatic heterocycles. The maximum absolute atomic E-state index is 2.27. The average molecular weight is 179 g/mol. The van der Waals surface area contributed by atoms with Gasteiger partial charge in [-0.2, -0.15) is 0 Å². The summed E-state index contributed by atoms with van der Waals surface area (Å²) in [7, 11) is 2.13. The smallest absolute Gasteiger partial charge is 0.0260 e. The molecular weight excluding hydrogens is 158 g/mol. The first-order valence-corrected chi connectivity index (χ1v) is 4.99. The first kappa shape index (κ1) is 10.4. The maximum Gasteiger partial charge on any atom is 0.0260 e. The Balaban J connectivity index is 3.25. The lowest BCUT2D eigenvalue weighted by Gasteiger charge is -2.23. The Labute approximate surface area is 81.8 Å². The molecule has 0 aliphatic carbocycles. The van der Waals surface area contributed by atoms with E-state index in [0.717, 1.165) is 0 Å². The number of hydrogen-bond acceptors (Lipinski definition) is 0. The molecule has 0 bridgehead atoms. The van der Waals surface area contributed by atoms with Crippen LogP contribution in [0.5, 0.6) is 0 Å². The van der Waals surface area contributed by atoms with Crippen LogP contribution in [0.2, 0.25) is 0 Å². The highest BCUT2D eigenvalue weighted by atomic mass is 14.9. The predicted molar refractivity (Wildman–Crippen MR) is 58.2 cm³/mol. The van der Waals surface area contributed by atoms with Crippen molar-refractivity contribution in [3.8, 4) is 0 Å². The molecule has 0 aromatic carbocycles. The van der Waals surface area contributed by atoms with Crippen LogP contribution >= 0.6 is 0 Å². The van der Waals surface area contributed by atoms with E-state index in [4.69, 9.17) is 0 Å². The van der Waals surface area contributed by atoms with Crippen LogP contribution in [0.3, 0.4) is 0 Å². The third-order valence-electron chi connectivity index (χ3n) is 2.44. The van der Waals surface area contributed by atoms with Crippen molar-refractivity contribution < 1.29 is 0 Å². The van der Waals surface area contributed by atoms with Crippen LogP contribution in [0.15, 0.2) is 12.3 Å². The Bertz CT molecular complexity index is 287. The normalized spacial score (nSPS) is 12.5. The Hall–Kier alpha value is -0.720. The van der Waals surface area contributed by atoms with E-state index >= 15 is 0 Å². The monoisotopic (exact) mass is 179 g/mol. The van der Waals surface area contributed by atoms with Gasteiger partial charge in [0.1, 0.15) is 0 Å². The second kappa shape index (κ2) is 3.21. The molecule has 1 heteroatoms. The van der Waals surface area contributed by atoms with Crippen molar-refractivity contribution in [3.63, 3.8) is 0 Å². The summed E-state index contributed by atoms with van der Waals surface area (Å²) in [5, 5.41) is 0. The fraction of sp³-hybridized carbons (Fsp3) is 0.667. The predicted octanol–water partition coefficient (Wildman–Crippen LogP) is 3.45. The SMILES string of the molecule is CC(C)c1ccn(C)c1C(C)(C)C. The third-order valence-corrected chi connectivity index (χ3v) is 2.44. The lowest BCUT2D eigenvalue weighted by molar-refractivity contribution is 0.532. The first-order chi connectivity index (χ1) is 5.84. The topological polar surface area (TPSA) is 4.93 Å². The minimum atomic E-state index is 0.248. The molecule has 0 unspecified atom stereocenters. The van der Waals surface area contributed by atoms with Gasteiger partial charge in [-0.15, -0.1) is 0 Å². The molecule has 0 radical (unpaired) electrons. The Kier molecular flexibility index (Phi) is 2.56. The highest BCUT2D eigenvalue weighted by Gasteiger charge is 2.22. The molecule has 1 nitrogen and oxygen atoms in total. The van der Waals surface area contributed by atoms with Crippen LogP contribution in [0.4, 0.5) is 0 Å². The van der Waals surface area contributed by atoms with Crippen molar-refractivity contribution in [2.45, 2.75) is 46.0 Å². The number of hydrogen-bond donors (Lipinski definition) is 0. The van der Waals surface area contributed by atoms with Gasteiger partial charge in [-0.1, -0.05) is 34.6 Å². The summed E-state index contributed by atoms with van der Waals surface area (Å²) in [5.41, 5.74) is 3.19. The van der Waals surface area contributed by atoms with Gasteiger partial charge in [0.2, 0.25) is 0 Å². The molecule has 74 valence electrons. The Morgan fingerprint density at radius 1 is 1.23 bits per heavy atom. The fourth-order valence-electron chi connectivity index (χ4n) is 1.98. The van der Waals surface area contributed by atoms with Crippen LogP contribution in [-0.4, -0.2) is 4.57 Å². The zero-order valence-electron chi connectivity index (χ0n) is 9.68. The van der Waals surface area contributed by atoms with E-state index in [1.54, 1.807) is 0 Å². The lowest BCUT2D eigenvalue weighted by atomic mass is 9.86. The van der Waals surface area contributed by atoms with Crippen molar-refractivity contribution in [2.24, 2.45) is 7.05 Å². The summed E-state index contributed by atoms with van der Waals surface area (Å²) < 4.78 is 2.25. The summed E-state index contributed by atoms with van der Waals surface area (Å²) in [6.45, 7) is 11.3. The van der Waals surface area contributed by atoms with Gasteiger partial charge in [-0.05, 0) is 17.5 Å². The minimum Gasteiger partial charge on any atom is -0.354 e. The molecule has 0 N–H and O–H groups in total. The molecule has 0 fully saturated rings. The van der Waals surface area contributed by atoms with Crippen molar-refractivity contribution in [2.75, 3.05) is 0 Å². The van der Waals surface area contributed by atoms with Gasteiger partial charge >= 0.3 is 0 Å². The largest absolute Gasteiger partial charge is 0.354 e. The number of nitrogens with zero attached hydrogens (tertiary/aromatic N) is 1. The molecular formula is C12H21N. The zero-order valence-corrected chi connectivity index (χ0v) is 9.68. The summed E-state index contributed by atoms with van der Waals surface area (Å²) in [6, 6.07) is 2.24.